The van der Waals surface area contributed by atoms with E-state index < -0.39 is 0 Å². The lowest BCUT2D eigenvalue weighted by molar-refractivity contribution is 0.0104. The summed E-state index contributed by atoms with van der Waals surface area (Å²) in [7, 11) is 0. The van der Waals surface area contributed by atoms with Crippen molar-refractivity contribution >= 4 is 23.7 Å². The van der Waals surface area contributed by atoms with Gasteiger partial charge in [0, 0.05) is 17.0 Å². The van der Waals surface area contributed by atoms with Crippen molar-refractivity contribution in [1.29, 1.82) is 0 Å². The Labute approximate surface area is 107 Å². The van der Waals surface area contributed by atoms with Gasteiger partial charge in [0.05, 0.1) is 12.7 Å². The number of hydrogen-bond donors (Lipinski definition) is 1. The largest absolute Gasteiger partial charge is 0.373 e. The monoisotopic (exact) mass is 259 g/mol. The molecule has 2 aliphatic heterocycles. The summed E-state index contributed by atoms with van der Waals surface area (Å²) in [5.41, 5.74) is 0. The van der Waals surface area contributed by atoms with Crippen molar-refractivity contribution in [3.05, 3.63) is 22.4 Å². The molecule has 2 saturated heterocycles. The van der Waals surface area contributed by atoms with Crippen LogP contribution in [0, 0.1) is 0 Å². The predicted molar refractivity (Wildman–Crippen MR) is 69.3 cm³/mol. The Morgan fingerprint density at radius 3 is 2.69 bits per heavy atom. The first-order valence-electron chi connectivity index (χ1n) is 5.80. The average molecular weight is 260 g/mol. The van der Waals surface area contributed by atoms with E-state index in [4.69, 9.17) is 4.74 Å². The van der Waals surface area contributed by atoms with E-state index in [1.165, 1.54) is 30.6 Å². The van der Waals surface area contributed by atoms with Gasteiger partial charge in [-0.05, 0) is 37.1 Å². The Hall–Kier alpha value is -0.0900. The minimum atomic E-state index is 0. The number of halogens is 1. The molecule has 1 N–H and O–H groups in total. The minimum Gasteiger partial charge on any atom is -0.373 e. The molecule has 1 unspecified atom stereocenters. The van der Waals surface area contributed by atoms with Crippen LogP contribution in [0.1, 0.15) is 30.6 Å². The van der Waals surface area contributed by atoms with Crippen molar-refractivity contribution in [2.24, 2.45) is 0 Å². The summed E-state index contributed by atoms with van der Waals surface area (Å²) in [6.07, 6.45) is 5.61. The van der Waals surface area contributed by atoms with Crippen LogP contribution in [0.25, 0.3) is 0 Å². The van der Waals surface area contributed by atoms with Crippen LogP contribution in [0.3, 0.4) is 0 Å². The fourth-order valence-electron chi connectivity index (χ4n) is 2.74. The minimum absolute atomic E-state index is 0. The number of piperidine rings is 1. The number of ether oxygens (including phenoxy) is 1. The van der Waals surface area contributed by atoms with Crippen LogP contribution in [0.4, 0.5) is 0 Å². The molecule has 3 heterocycles. The maximum atomic E-state index is 5.98. The Bertz CT molecular complexity index is 305. The van der Waals surface area contributed by atoms with Gasteiger partial charge in [0.25, 0.3) is 0 Å². The van der Waals surface area contributed by atoms with Crippen molar-refractivity contribution in [3.8, 4) is 0 Å². The van der Waals surface area contributed by atoms with E-state index in [0.717, 1.165) is 18.7 Å². The topological polar surface area (TPSA) is 21.3 Å². The van der Waals surface area contributed by atoms with Gasteiger partial charge in [-0.15, -0.1) is 23.7 Å². The van der Waals surface area contributed by atoms with E-state index in [9.17, 15) is 0 Å². The first-order valence-corrected chi connectivity index (χ1v) is 6.68. The van der Waals surface area contributed by atoms with Crippen LogP contribution in [0.2, 0.25) is 0 Å². The van der Waals surface area contributed by atoms with Crippen LogP contribution in [0.15, 0.2) is 17.5 Å². The quantitative estimate of drug-likeness (QED) is 0.901. The van der Waals surface area contributed by atoms with Gasteiger partial charge in [0.15, 0.2) is 0 Å². The molecule has 0 amide bonds. The van der Waals surface area contributed by atoms with Crippen molar-refractivity contribution in [2.45, 2.75) is 50.5 Å². The molecule has 4 heteroatoms. The third-order valence-electron chi connectivity index (χ3n) is 3.47. The molecular formula is C12H18ClNOS. The van der Waals surface area contributed by atoms with Crippen molar-refractivity contribution < 1.29 is 4.74 Å². The van der Waals surface area contributed by atoms with Gasteiger partial charge in [0.2, 0.25) is 0 Å². The van der Waals surface area contributed by atoms with Crippen LogP contribution in [0.5, 0.6) is 0 Å². The fraction of sp³-hybridized carbons (Fsp3) is 0.667. The molecule has 2 fully saturated rings. The number of rotatable bonds is 3. The van der Waals surface area contributed by atoms with Gasteiger partial charge in [-0.2, -0.15) is 0 Å². The Balaban J connectivity index is 0.000000963. The highest BCUT2D eigenvalue weighted by molar-refractivity contribution is 7.09. The second-order valence-corrected chi connectivity index (χ2v) is 5.65. The summed E-state index contributed by atoms with van der Waals surface area (Å²) in [6.45, 7) is 0.807. The van der Waals surface area contributed by atoms with E-state index in [1.807, 2.05) is 0 Å². The Kier molecular flexibility index (Phi) is 4.25. The number of hydrogen-bond acceptors (Lipinski definition) is 3. The first kappa shape index (κ1) is 12.4. The summed E-state index contributed by atoms with van der Waals surface area (Å²) in [4.78, 5) is 1.35. The zero-order chi connectivity index (χ0) is 10.1. The predicted octanol–water partition coefficient (Wildman–Crippen LogP) is 2.97. The lowest BCUT2D eigenvalue weighted by Gasteiger charge is -2.28. The normalized spacial score (nSPS) is 32.4. The van der Waals surface area contributed by atoms with Gasteiger partial charge < -0.3 is 10.1 Å². The Morgan fingerprint density at radius 2 is 2.06 bits per heavy atom. The zero-order valence-corrected chi connectivity index (χ0v) is 10.9. The van der Waals surface area contributed by atoms with E-state index in [0.29, 0.717) is 6.10 Å². The van der Waals surface area contributed by atoms with E-state index in [1.54, 1.807) is 11.3 Å². The van der Waals surface area contributed by atoms with Gasteiger partial charge >= 0.3 is 0 Å². The van der Waals surface area contributed by atoms with Crippen LogP contribution < -0.4 is 5.32 Å². The van der Waals surface area contributed by atoms with Crippen molar-refractivity contribution in [2.75, 3.05) is 0 Å². The highest BCUT2D eigenvalue weighted by Gasteiger charge is 2.33. The molecule has 0 aromatic carbocycles. The van der Waals surface area contributed by atoms with E-state index in [2.05, 4.69) is 22.8 Å². The summed E-state index contributed by atoms with van der Waals surface area (Å²) < 4.78 is 5.98. The lowest BCUT2D eigenvalue weighted by Crippen LogP contribution is -2.41. The summed E-state index contributed by atoms with van der Waals surface area (Å²) in [5, 5.41) is 5.75. The molecule has 2 bridgehead atoms. The zero-order valence-electron chi connectivity index (χ0n) is 9.22. The second-order valence-electron chi connectivity index (χ2n) is 4.62. The highest BCUT2D eigenvalue weighted by atomic mass is 35.5. The lowest BCUT2D eigenvalue weighted by atomic mass is 10.0. The smallest absolute Gasteiger partial charge is 0.0813 e. The average Bonchev–Trinajstić information content (AvgIpc) is 2.86. The summed E-state index contributed by atoms with van der Waals surface area (Å²) >= 11 is 1.79. The van der Waals surface area contributed by atoms with E-state index in [-0.39, 0.29) is 12.4 Å². The Morgan fingerprint density at radius 1 is 1.31 bits per heavy atom. The number of nitrogens with one attached hydrogen (secondary N) is 1. The molecule has 16 heavy (non-hydrogen) atoms. The molecule has 0 saturated carbocycles. The molecular weight excluding hydrogens is 242 g/mol. The molecule has 0 radical (unpaired) electrons. The third kappa shape index (κ3) is 2.77. The standard InChI is InChI=1S/C12H17NOS.ClH/c1-2-12(15-5-1)8-14-11-6-9-3-4-10(7-11)13-9;/h1-2,5,9-11,13H,3-4,6-8H2;1H/t9-,10+,11?;. The van der Waals surface area contributed by atoms with Crippen LogP contribution in [-0.4, -0.2) is 18.2 Å². The van der Waals surface area contributed by atoms with Gasteiger partial charge in [-0.1, -0.05) is 6.07 Å². The molecule has 3 atom stereocenters. The first-order chi connectivity index (χ1) is 7.40. The number of thiophene rings is 1. The molecule has 1 aromatic rings. The number of fused-ring (bicyclic) bond motifs is 2. The highest BCUT2D eigenvalue weighted by Crippen LogP contribution is 2.29. The van der Waals surface area contributed by atoms with Crippen molar-refractivity contribution in [3.63, 3.8) is 0 Å². The molecule has 2 aliphatic rings. The SMILES string of the molecule is Cl.c1csc(COC2C[C@H]3CC[C@@H](C2)N3)c1. The second kappa shape index (κ2) is 5.50. The van der Waals surface area contributed by atoms with Gasteiger partial charge in [-0.3, -0.25) is 0 Å². The van der Waals surface area contributed by atoms with Gasteiger partial charge in [-0.25, -0.2) is 0 Å². The van der Waals surface area contributed by atoms with Crippen molar-refractivity contribution in [1.82, 2.24) is 5.32 Å². The molecule has 0 aliphatic carbocycles. The maximum absolute atomic E-state index is 5.98. The molecule has 1 aromatic heterocycles. The molecule has 3 rings (SSSR count). The molecule has 90 valence electrons. The maximum Gasteiger partial charge on any atom is 0.0813 e. The van der Waals surface area contributed by atoms with Gasteiger partial charge in [0.1, 0.15) is 0 Å². The summed E-state index contributed by atoms with van der Waals surface area (Å²) in [5.74, 6) is 0. The molecule has 0 spiro atoms. The molecule has 2 nitrogen and oxygen atoms in total. The van der Waals surface area contributed by atoms with E-state index >= 15 is 0 Å². The van der Waals surface area contributed by atoms with Crippen LogP contribution >= 0.6 is 23.7 Å². The third-order valence-corrected chi connectivity index (χ3v) is 4.32. The fourth-order valence-corrected chi connectivity index (χ4v) is 3.36. The van der Waals surface area contributed by atoms with Crippen LogP contribution in [-0.2, 0) is 11.3 Å². The summed E-state index contributed by atoms with van der Waals surface area (Å²) in [6, 6.07) is 5.71.